The minimum absolute atomic E-state index is 0.0449. The van der Waals surface area contributed by atoms with Crippen LogP contribution in [0.5, 0.6) is 0 Å². The van der Waals surface area contributed by atoms with Crippen LogP contribution in [-0.4, -0.2) is 67.7 Å². The Hall–Kier alpha value is -2.85. The van der Waals surface area contributed by atoms with Gasteiger partial charge in [0.1, 0.15) is 29.7 Å². The maximum atomic E-state index is 13.5. The summed E-state index contributed by atoms with van der Waals surface area (Å²) in [6.45, 7) is 5.61. The number of carbonyl (C=O) groups is 2. The summed E-state index contributed by atoms with van der Waals surface area (Å²) in [5, 5.41) is 31.3. The van der Waals surface area contributed by atoms with Gasteiger partial charge < -0.3 is 20.4 Å². The SMILES string of the molecule is CNC(=O)[C@H]1C[C@H](O)CN1C(=O)[C@@H](n1cc(C(O)c2ccc(F)cc2)nn1)C(C)(C)C. The van der Waals surface area contributed by atoms with E-state index in [1.807, 2.05) is 20.8 Å². The van der Waals surface area contributed by atoms with Gasteiger partial charge in [-0.05, 0) is 23.1 Å². The lowest BCUT2D eigenvalue weighted by molar-refractivity contribution is -0.144. The lowest BCUT2D eigenvalue weighted by atomic mass is 9.85. The standard InChI is InChI=1S/C21H28FN5O4/c1-21(2,3)18(20(31)26-10-14(28)9-16(26)19(30)23-4)27-11-15(24-25-27)17(29)12-5-7-13(22)8-6-12/h5-8,11,14,16-18,28-29H,9-10H2,1-4H3,(H,23,30)/t14-,16+,17?,18+/m0/s1. The first-order chi connectivity index (χ1) is 14.5. The summed E-state index contributed by atoms with van der Waals surface area (Å²) in [6, 6.07) is 3.77. The number of halogens is 1. The quantitative estimate of drug-likeness (QED) is 0.641. The number of nitrogens with zero attached hydrogens (tertiary/aromatic N) is 4. The van der Waals surface area contributed by atoms with Gasteiger partial charge in [-0.15, -0.1) is 5.10 Å². The Morgan fingerprint density at radius 3 is 2.48 bits per heavy atom. The van der Waals surface area contributed by atoms with E-state index < -0.39 is 35.5 Å². The minimum atomic E-state index is -1.14. The van der Waals surface area contributed by atoms with E-state index in [4.69, 9.17) is 0 Å². The molecule has 0 spiro atoms. The number of aliphatic hydroxyl groups excluding tert-OH is 2. The number of likely N-dealkylation sites (tertiary alicyclic amines) is 1. The zero-order chi connectivity index (χ0) is 22.9. The highest BCUT2D eigenvalue weighted by atomic mass is 19.1. The Balaban J connectivity index is 1.91. The molecule has 1 aliphatic heterocycles. The van der Waals surface area contributed by atoms with Crippen LogP contribution in [0.2, 0.25) is 0 Å². The first kappa shape index (κ1) is 22.8. The number of rotatable bonds is 5. The second-order valence-electron chi connectivity index (χ2n) is 8.86. The summed E-state index contributed by atoms with van der Waals surface area (Å²) in [6.07, 6.45) is -0.298. The number of carbonyl (C=O) groups excluding carboxylic acids is 2. The molecule has 0 saturated carbocycles. The molecule has 4 atom stereocenters. The van der Waals surface area contributed by atoms with Crippen LogP contribution in [0, 0.1) is 11.2 Å². The third-order valence-corrected chi connectivity index (χ3v) is 5.42. The molecule has 0 bridgehead atoms. The number of hydrogen-bond acceptors (Lipinski definition) is 6. The van der Waals surface area contributed by atoms with Crippen molar-refractivity contribution in [3.8, 4) is 0 Å². The number of amides is 2. The van der Waals surface area contributed by atoms with Gasteiger partial charge in [0, 0.05) is 20.0 Å². The van der Waals surface area contributed by atoms with Gasteiger partial charge in [0.05, 0.1) is 12.3 Å². The molecule has 31 heavy (non-hydrogen) atoms. The van der Waals surface area contributed by atoms with Crippen molar-refractivity contribution in [2.75, 3.05) is 13.6 Å². The molecule has 3 N–H and O–H groups in total. The van der Waals surface area contributed by atoms with E-state index >= 15 is 0 Å². The Kier molecular flexibility index (Phi) is 6.42. The smallest absolute Gasteiger partial charge is 0.248 e. The summed E-state index contributed by atoms with van der Waals surface area (Å²) in [5.41, 5.74) is 0.0383. The summed E-state index contributed by atoms with van der Waals surface area (Å²) in [5.74, 6) is -1.13. The zero-order valence-electron chi connectivity index (χ0n) is 18.0. The lowest BCUT2D eigenvalue weighted by Crippen LogP contribution is -2.49. The fourth-order valence-electron chi connectivity index (χ4n) is 3.87. The molecule has 168 valence electrons. The summed E-state index contributed by atoms with van der Waals surface area (Å²) in [4.78, 5) is 27.1. The molecule has 10 heteroatoms. The summed E-state index contributed by atoms with van der Waals surface area (Å²) < 4.78 is 14.5. The largest absolute Gasteiger partial charge is 0.391 e. The third kappa shape index (κ3) is 4.75. The number of benzene rings is 1. The number of aromatic nitrogens is 3. The normalized spacial score (nSPS) is 21.1. The molecule has 1 aliphatic rings. The maximum absolute atomic E-state index is 13.5. The van der Waals surface area contributed by atoms with E-state index in [0.717, 1.165) is 0 Å². The van der Waals surface area contributed by atoms with E-state index in [1.165, 1.54) is 47.1 Å². The van der Waals surface area contributed by atoms with Gasteiger partial charge in [0.15, 0.2) is 0 Å². The minimum Gasteiger partial charge on any atom is -0.391 e. The molecule has 1 fully saturated rings. The fourth-order valence-corrected chi connectivity index (χ4v) is 3.87. The Morgan fingerprint density at radius 2 is 1.90 bits per heavy atom. The number of likely N-dealkylation sites (N-methyl/N-ethyl adjacent to an activating group) is 1. The van der Waals surface area contributed by atoms with Crippen molar-refractivity contribution in [1.82, 2.24) is 25.2 Å². The van der Waals surface area contributed by atoms with E-state index in [1.54, 1.807) is 0 Å². The van der Waals surface area contributed by atoms with Crippen LogP contribution >= 0.6 is 0 Å². The predicted octanol–water partition coefficient (Wildman–Crippen LogP) is 0.794. The number of aliphatic hydroxyl groups is 2. The Morgan fingerprint density at radius 1 is 1.26 bits per heavy atom. The lowest BCUT2D eigenvalue weighted by Gasteiger charge is -2.34. The second kappa shape index (κ2) is 8.72. The first-order valence-corrected chi connectivity index (χ1v) is 10.1. The molecule has 1 saturated heterocycles. The highest BCUT2D eigenvalue weighted by Gasteiger charge is 2.45. The van der Waals surface area contributed by atoms with E-state index in [9.17, 15) is 24.2 Å². The topological polar surface area (TPSA) is 121 Å². The monoisotopic (exact) mass is 433 g/mol. The van der Waals surface area contributed by atoms with Crippen LogP contribution in [0.25, 0.3) is 0 Å². The Bertz CT molecular complexity index is 940. The molecule has 0 radical (unpaired) electrons. The maximum Gasteiger partial charge on any atom is 0.248 e. The van der Waals surface area contributed by atoms with Gasteiger partial charge in [0.2, 0.25) is 11.8 Å². The van der Waals surface area contributed by atoms with Crippen LogP contribution in [0.3, 0.4) is 0 Å². The number of β-amino-alcohol motifs (C(OH)–C–C–N with tert-alkyl or cyclic N) is 1. The van der Waals surface area contributed by atoms with E-state index in [0.29, 0.717) is 5.56 Å². The third-order valence-electron chi connectivity index (χ3n) is 5.42. The van der Waals surface area contributed by atoms with Crippen LogP contribution in [0.1, 0.15) is 50.6 Å². The van der Waals surface area contributed by atoms with E-state index in [-0.39, 0.29) is 30.5 Å². The van der Waals surface area contributed by atoms with Crippen molar-refractivity contribution < 1.29 is 24.2 Å². The van der Waals surface area contributed by atoms with Crippen molar-refractivity contribution in [2.24, 2.45) is 5.41 Å². The van der Waals surface area contributed by atoms with Crippen LogP contribution in [0.4, 0.5) is 4.39 Å². The second-order valence-corrected chi connectivity index (χ2v) is 8.86. The fraction of sp³-hybridized carbons (Fsp3) is 0.524. The number of nitrogens with one attached hydrogen (secondary N) is 1. The summed E-state index contributed by atoms with van der Waals surface area (Å²) >= 11 is 0. The molecule has 9 nitrogen and oxygen atoms in total. The Labute approximate surface area is 179 Å². The molecule has 1 aromatic carbocycles. The van der Waals surface area contributed by atoms with Crippen LogP contribution in [-0.2, 0) is 9.59 Å². The average molecular weight is 433 g/mol. The molecular weight excluding hydrogens is 405 g/mol. The van der Waals surface area contributed by atoms with E-state index in [2.05, 4.69) is 15.6 Å². The van der Waals surface area contributed by atoms with Crippen molar-refractivity contribution in [1.29, 1.82) is 0 Å². The molecule has 2 heterocycles. The molecule has 2 aromatic rings. The molecule has 0 aliphatic carbocycles. The van der Waals surface area contributed by atoms with Crippen LogP contribution in [0.15, 0.2) is 30.5 Å². The van der Waals surface area contributed by atoms with Crippen molar-refractivity contribution in [3.05, 3.63) is 47.5 Å². The van der Waals surface area contributed by atoms with Gasteiger partial charge in [-0.1, -0.05) is 38.1 Å². The van der Waals surface area contributed by atoms with Gasteiger partial charge in [-0.3, -0.25) is 9.59 Å². The molecule has 2 amide bonds. The first-order valence-electron chi connectivity index (χ1n) is 10.1. The van der Waals surface area contributed by atoms with Crippen molar-refractivity contribution in [2.45, 2.75) is 51.5 Å². The molecule has 1 unspecified atom stereocenters. The van der Waals surface area contributed by atoms with Crippen LogP contribution < -0.4 is 5.32 Å². The molecule has 3 rings (SSSR count). The van der Waals surface area contributed by atoms with Gasteiger partial charge in [-0.25, -0.2) is 9.07 Å². The number of hydrogen-bond donors (Lipinski definition) is 3. The highest BCUT2D eigenvalue weighted by molar-refractivity contribution is 5.90. The zero-order valence-corrected chi connectivity index (χ0v) is 18.0. The highest BCUT2D eigenvalue weighted by Crippen LogP contribution is 2.35. The average Bonchev–Trinajstić information content (AvgIpc) is 3.33. The molecular formula is C21H28FN5O4. The predicted molar refractivity (Wildman–Crippen MR) is 109 cm³/mol. The van der Waals surface area contributed by atoms with Crippen molar-refractivity contribution in [3.63, 3.8) is 0 Å². The van der Waals surface area contributed by atoms with Gasteiger partial charge >= 0.3 is 0 Å². The van der Waals surface area contributed by atoms with Gasteiger partial charge in [-0.2, -0.15) is 0 Å². The summed E-state index contributed by atoms with van der Waals surface area (Å²) in [7, 11) is 1.48. The molecule has 1 aromatic heterocycles. The van der Waals surface area contributed by atoms with Gasteiger partial charge in [0.25, 0.3) is 0 Å². The van der Waals surface area contributed by atoms with Crippen molar-refractivity contribution >= 4 is 11.8 Å².